The number of carbonyl (C=O) groups is 1. The number of hydrogen-bond donors (Lipinski definition) is 7. The Labute approximate surface area is 384 Å². The second-order valence-electron chi connectivity index (χ2n) is 13.2. The molecule has 64 heavy (non-hydrogen) atoms. The van der Waals surface area contributed by atoms with Crippen LogP contribution < -0.4 is 46.3 Å². The van der Waals surface area contributed by atoms with Crippen molar-refractivity contribution in [1.29, 1.82) is 0 Å². The molecule has 0 atom stereocenters. The topological polar surface area (TPSA) is 362 Å². The van der Waals surface area contributed by atoms with Crippen molar-refractivity contribution in [2.45, 2.75) is 14.7 Å². The normalized spacial score (nSPS) is 12.4. The third-order valence-corrected chi connectivity index (χ3v) is 11.6. The second kappa shape index (κ2) is 18.2. The first kappa shape index (κ1) is 46.8. The molecule has 25 heteroatoms. The minimum Gasteiger partial charge on any atom is -0.744 e. The van der Waals surface area contributed by atoms with E-state index in [4.69, 9.17) is 11.5 Å². The van der Waals surface area contributed by atoms with Crippen molar-refractivity contribution in [2.24, 2.45) is 30.7 Å². The molecule has 0 saturated heterocycles. The second-order valence-corrected chi connectivity index (χ2v) is 17.4. The Hall–Kier alpha value is -6.74. The molecule has 9 N–H and O–H groups in total. The number of nitrogens with zero attached hydrogens (tertiary/aromatic N) is 6. The zero-order valence-electron chi connectivity index (χ0n) is 32.6. The molecule has 0 unspecified atom stereocenters. The van der Waals surface area contributed by atoms with Crippen LogP contribution in [-0.4, -0.2) is 55.0 Å². The van der Waals surface area contributed by atoms with Crippen molar-refractivity contribution in [3.8, 4) is 11.5 Å². The molecule has 0 spiro atoms. The Kier molecular flexibility index (Phi) is 13.3. The number of rotatable bonds is 11. The number of phenolic OH excluding ortho intramolecular Hbond substituents is 2. The summed E-state index contributed by atoms with van der Waals surface area (Å²) in [4.78, 5) is 10.4. The van der Waals surface area contributed by atoms with Crippen molar-refractivity contribution in [3.05, 3.63) is 121 Å². The molecule has 320 valence electrons. The molecule has 1 amide bonds. The van der Waals surface area contributed by atoms with Crippen LogP contribution in [0.25, 0.3) is 21.5 Å². The fraction of sp³-hybridized carbons (Fsp3) is 0. The van der Waals surface area contributed by atoms with Gasteiger partial charge in [-0.1, -0.05) is 24.3 Å². The van der Waals surface area contributed by atoms with E-state index in [-0.39, 0.29) is 74.0 Å². The third-order valence-electron chi connectivity index (χ3n) is 9.02. The summed E-state index contributed by atoms with van der Waals surface area (Å²) in [5.41, 5.74) is 10.6. The molecule has 0 aromatic heterocycles. The molecule has 7 rings (SSSR count). The molecular weight excluding hydrogens is 906 g/mol. The summed E-state index contributed by atoms with van der Waals surface area (Å²) < 4.78 is 106. The van der Waals surface area contributed by atoms with Crippen LogP contribution in [0.3, 0.4) is 0 Å². The predicted octanol–water partition coefficient (Wildman–Crippen LogP) is 5.47. The van der Waals surface area contributed by atoms with Gasteiger partial charge in [-0.25, -0.2) is 8.42 Å². The monoisotopic (exact) mass is 933 g/mol. The fourth-order valence-corrected chi connectivity index (χ4v) is 8.04. The number of amides is 1. The number of carbonyl (C=O) groups excluding carboxylic acids is 1. The van der Waals surface area contributed by atoms with Gasteiger partial charge in [0, 0.05) is 22.3 Å². The van der Waals surface area contributed by atoms with Crippen LogP contribution >= 0.6 is 0 Å². The van der Waals surface area contributed by atoms with E-state index < -0.39 is 90.6 Å². The van der Waals surface area contributed by atoms with Crippen LogP contribution in [0.5, 0.6) is 11.5 Å². The number of nitrogen functional groups attached to an aromatic ring is 2. The average molecular weight is 934 g/mol. The number of fused-ring (bicyclic) bond motifs is 2. The summed E-state index contributed by atoms with van der Waals surface area (Å²) in [6.45, 7) is 0. The van der Waals surface area contributed by atoms with Crippen molar-refractivity contribution in [2.75, 3.05) is 16.8 Å². The number of aromatic hydroxyl groups is 2. The first-order valence-corrected chi connectivity index (χ1v) is 21.9. The molecule has 0 bridgehead atoms. The van der Waals surface area contributed by atoms with Crippen LogP contribution in [0.2, 0.25) is 0 Å². The Balaban J connectivity index is 0.00000680. The van der Waals surface area contributed by atoms with Crippen LogP contribution in [0, 0.1) is 0 Å². The van der Waals surface area contributed by atoms with Gasteiger partial charge >= 0.3 is 29.6 Å². The fourth-order valence-electron chi connectivity index (χ4n) is 6.06. The molecule has 7 aromatic carbocycles. The van der Waals surface area contributed by atoms with Crippen LogP contribution in [0.15, 0.2) is 161 Å². The van der Waals surface area contributed by atoms with Crippen molar-refractivity contribution in [1.82, 2.24) is 0 Å². The smallest absolute Gasteiger partial charge is 0.744 e. The summed E-state index contributed by atoms with van der Waals surface area (Å²) in [7, 11) is -15.3. The molecule has 0 aliphatic rings. The Morgan fingerprint density at radius 3 is 1.59 bits per heavy atom. The standard InChI is InChI=1S/C39H29N9O12S3.Na/c40-23-9-6-21-16-30(62(55,56)57)35(37(49)28(21)19-23)47-45-27-14-12-24(13-15-27)42-39(51)20-7-10-26(11-8-20)44-46-34-29(61(52,53)54)17-22-18-31(63(58,59)60)36(38(50)32(22)33(34)41)48-43-25-4-2-1-3-5-25;/h1-19,49-50H,40-41H2,(H,42,51)(H,52,53,54)(H,55,56,57)(H,58,59,60);/q;+1/p-1. The number of anilines is 3. The number of azo groups is 3. The predicted molar refractivity (Wildman–Crippen MR) is 227 cm³/mol. The summed E-state index contributed by atoms with van der Waals surface area (Å²) >= 11 is 0. The van der Waals surface area contributed by atoms with Crippen molar-refractivity contribution >= 4 is 109 Å². The zero-order valence-corrected chi connectivity index (χ0v) is 37.0. The third kappa shape index (κ3) is 10.0. The van der Waals surface area contributed by atoms with Gasteiger partial charge in [-0.15, -0.1) is 15.3 Å². The molecule has 0 fully saturated rings. The summed E-state index contributed by atoms with van der Waals surface area (Å²) in [6, 6.07) is 25.9. The first-order chi connectivity index (χ1) is 29.7. The summed E-state index contributed by atoms with van der Waals surface area (Å²) in [6.07, 6.45) is 0. The van der Waals surface area contributed by atoms with Gasteiger partial charge in [0.15, 0.2) is 11.5 Å². The van der Waals surface area contributed by atoms with Crippen LogP contribution in [0.4, 0.5) is 51.2 Å². The molecule has 0 heterocycles. The van der Waals surface area contributed by atoms with E-state index in [1.807, 2.05) is 0 Å². The SMILES string of the molecule is Nc1ccc2cc(S(=O)(=O)O)c(N=Nc3ccc(NC(=O)c4ccc(N=Nc5c(S(=O)(=O)[O-])cc6cc(S(=O)(=O)O)c(N=Nc7ccccc7)c(O)c6c5N)cc4)cc3)c(O)c2c1.[Na+]. The maximum atomic E-state index is 13.1. The minimum absolute atomic E-state index is 0. The number of nitrogens with one attached hydrogen (secondary N) is 1. The van der Waals surface area contributed by atoms with E-state index in [1.54, 1.807) is 18.2 Å². The maximum Gasteiger partial charge on any atom is 1.00 e. The van der Waals surface area contributed by atoms with E-state index in [9.17, 15) is 53.9 Å². The Morgan fingerprint density at radius 1 is 0.562 bits per heavy atom. The number of phenols is 2. The summed E-state index contributed by atoms with van der Waals surface area (Å²) in [5.74, 6) is -2.12. The van der Waals surface area contributed by atoms with E-state index in [2.05, 4.69) is 36.0 Å². The number of hydrogen-bond acceptors (Lipinski definition) is 18. The zero-order chi connectivity index (χ0) is 45.4. The van der Waals surface area contributed by atoms with Gasteiger partial charge < -0.3 is 31.5 Å². The first-order valence-electron chi connectivity index (χ1n) is 17.6. The molecule has 0 aliphatic heterocycles. The maximum absolute atomic E-state index is 13.1. The van der Waals surface area contributed by atoms with Crippen LogP contribution in [-0.2, 0) is 30.4 Å². The van der Waals surface area contributed by atoms with Gasteiger partial charge in [-0.3, -0.25) is 13.9 Å². The van der Waals surface area contributed by atoms with Crippen molar-refractivity contribution < 1.29 is 83.5 Å². The number of nitrogens with two attached hydrogens (primary N) is 2. The van der Waals surface area contributed by atoms with Gasteiger partial charge in [0.05, 0.1) is 33.0 Å². The molecule has 7 aromatic rings. The van der Waals surface area contributed by atoms with Gasteiger partial charge in [0.2, 0.25) is 0 Å². The van der Waals surface area contributed by atoms with Gasteiger partial charge in [-0.2, -0.15) is 32.2 Å². The molecule has 0 aliphatic carbocycles. The van der Waals surface area contributed by atoms with Gasteiger partial charge in [-0.05, 0) is 102 Å². The summed E-state index contributed by atoms with van der Waals surface area (Å²) in [5, 5.41) is 47.6. The van der Waals surface area contributed by atoms with Crippen LogP contribution in [0.1, 0.15) is 10.4 Å². The van der Waals surface area contributed by atoms with E-state index in [0.29, 0.717) is 11.8 Å². The molecular formula is C39H28N9NaO12S3. The minimum atomic E-state index is -5.38. The van der Waals surface area contributed by atoms with Gasteiger partial charge in [0.25, 0.3) is 26.1 Å². The number of benzene rings is 7. The van der Waals surface area contributed by atoms with E-state index in [1.165, 1.54) is 78.9 Å². The molecule has 0 saturated carbocycles. The van der Waals surface area contributed by atoms with Gasteiger partial charge in [0.1, 0.15) is 37.0 Å². The average Bonchev–Trinajstić information content (AvgIpc) is 3.22. The van der Waals surface area contributed by atoms with Crippen molar-refractivity contribution in [3.63, 3.8) is 0 Å². The quantitative estimate of drug-likeness (QED) is 0.0366. The molecule has 21 nitrogen and oxygen atoms in total. The Bertz CT molecular complexity index is 3450. The Morgan fingerprint density at radius 2 is 1.05 bits per heavy atom. The molecule has 0 radical (unpaired) electrons. The van der Waals surface area contributed by atoms with E-state index in [0.717, 1.165) is 12.1 Å². The largest absolute Gasteiger partial charge is 1.00 e. The van der Waals surface area contributed by atoms with E-state index >= 15 is 0 Å².